The molecule has 0 spiro atoms. The van der Waals surface area contributed by atoms with E-state index in [2.05, 4.69) is 34.0 Å². The minimum Gasteiger partial charge on any atom is -0.441 e. The van der Waals surface area contributed by atoms with Gasteiger partial charge < -0.3 is 4.74 Å². The summed E-state index contributed by atoms with van der Waals surface area (Å²) >= 11 is 7.77. The van der Waals surface area contributed by atoms with Gasteiger partial charge >= 0.3 is 6.09 Å². The van der Waals surface area contributed by atoms with Crippen molar-refractivity contribution in [1.82, 2.24) is 4.37 Å². The van der Waals surface area contributed by atoms with Crippen molar-refractivity contribution in [1.29, 1.82) is 0 Å². The topological polar surface area (TPSA) is 51.2 Å². The minimum absolute atomic E-state index is 0.421. The third-order valence-electron chi connectivity index (χ3n) is 7.30. The summed E-state index contributed by atoms with van der Waals surface area (Å²) in [5.41, 5.74) is 5.43. The van der Waals surface area contributed by atoms with Gasteiger partial charge in [-0.25, -0.2) is 4.79 Å². The van der Waals surface area contributed by atoms with Gasteiger partial charge in [0.25, 0.3) is 0 Å². The van der Waals surface area contributed by atoms with Crippen molar-refractivity contribution in [3.63, 3.8) is 0 Å². The van der Waals surface area contributed by atoms with Crippen molar-refractivity contribution >= 4 is 34.9 Å². The molecule has 4 nitrogen and oxygen atoms in total. The van der Waals surface area contributed by atoms with Crippen LogP contribution in [0.15, 0.2) is 48.5 Å². The average molecular weight is 495 g/mol. The molecule has 178 valence electrons. The molecule has 2 fully saturated rings. The summed E-state index contributed by atoms with van der Waals surface area (Å²) in [4.78, 5) is 13.9. The molecule has 1 amide bonds. The monoisotopic (exact) mass is 494 g/mol. The fourth-order valence-corrected chi connectivity index (χ4v) is 6.41. The van der Waals surface area contributed by atoms with Gasteiger partial charge in [0.05, 0.1) is 16.3 Å². The zero-order valence-corrected chi connectivity index (χ0v) is 21.3. The Morgan fingerprint density at radius 2 is 1.53 bits per heavy atom. The lowest BCUT2D eigenvalue weighted by atomic mass is 9.77. The molecule has 6 heteroatoms. The van der Waals surface area contributed by atoms with Crippen molar-refractivity contribution in [3.05, 3.63) is 80.8 Å². The molecule has 34 heavy (non-hydrogen) atoms. The van der Waals surface area contributed by atoms with Gasteiger partial charge in [-0.05, 0) is 98.9 Å². The van der Waals surface area contributed by atoms with Crippen LogP contribution in [0.1, 0.15) is 96.6 Å². The molecule has 0 aliphatic heterocycles. The molecule has 1 N–H and O–H groups in total. The summed E-state index contributed by atoms with van der Waals surface area (Å²) in [6.45, 7) is 3.78. The number of anilines is 1. The third kappa shape index (κ3) is 5.16. The first-order chi connectivity index (χ1) is 16.5. The molecular weight excluding hydrogens is 464 g/mol. The second-order valence-electron chi connectivity index (χ2n) is 9.69. The maximum absolute atomic E-state index is 12.7. The van der Waals surface area contributed by atoms with Crippen LogP contribution in [0.3, 0.4) is 0 Å². The fourth-order valence-electron chi connectivity index (χ4n) is 5.12. The number of hydrogen-bond donors (Lipinski definition) is 1. The van der Waals surface area contributed by atoms with E-state index in [1.54, 1.807) is 6.07 Å². The first kappa shape index (κ1) is 23.4. The predicted octanol–water partition coefficient (Wildman–Crippen LogP) is 8.73. The Balaban J connectivity index is 1.20. The molecule has 2 saturated carbocycles. The lowest BCUT2D eigenvalue weighted by Crippen LogP contribution is -2.18. The normalized spacial score (nSPS) is 21.1. The molecule has 0 radical (unpaired) electrons. The van der Waals surface area contributed by atoms with Crippen molar-refractivity contribution in [2.24, 2.45) is 0 Å². The van der Waals surface area contributed by atoms with Crippen LogP contribution in [0.5, 0.6) is 0 Å². The summed E-state index contributed by atoms with van der Waals surface area (Å²) in [5.74, 6) is 1.85. The van der Waals surface area contributed by atoms with Gasteiger partial charge in [-0.1, -0.05) is 54.1 Å². The summed E-state index contributed by atoms with van der Waals surface area (Å²) < 4.78 is 10.2. The lowest BCUT2D eigenvalue weighted by molar-refractivity contribution is 0.121. The molecule has 1 heterocycles. The maximum atomic E-state index is 12.7. The standard InChI is InChI=1S/C28H31ClN2O2S/c1-17-26(30-28(32)33-18(2)24-5-3-4-6-25(24)29)27(34-31-17)23-15-13-22(14-16-23)21-11-9-20(10-12-21)19-7-8-19/h3-6,9-12,18-19,22-23H,7-8,13-16H2,1-2H3,(H,30,32). The van der Waals surface area contributed by atoms with Gasteiger partial charge in [0.15, 0.2) is 0 Å². The quantitative estimate of drug-likeness (QED) is 0.372. The molecular formula is C28H31ClN2O2S. The first-order valence-corrected chi connectivity index (χ1v) is 13.4. The van der Waals surface area contributed by atoms with Crippen molar-refractivity contribution in [2.75, 3.05) is 5.32 Å². The zero-order chi connectivity index (χ0) is 23.7. The van der Waals surface area contributed by atoms with E-state index in [0.717, 1.165) is 48.5 Å². The van der Waals surface area contributed by atoms with Crippen molar-refractivity contribution in [3.8, 4) is 0 Å². The van der Waals surface area contributed by atoms with Crippen LogP contribution in [-0.4, -0.2) is 10.5 Å². The Morgan fingerprint density at radius 1 is 0.971 bits per heavy atom. The highest BCUT2D eigenvalue weighted by molar-refractivity contribution is 7.06. The number of nitrogens with one attached hydrogen (secondary N) is 1. The van der Waals surface area contributed by atoms with Gasteiger partial charge in [0.2, 0.25) is 0 Å². The van der Waals surface area contributed by atoms with Gasteiger partial charge in [0.1, 0.15) is 6.10 Å². The smallest absolute Gasteiger partial charge is 0.412 e. The Morgan fingerprint density at radius 3 is 2.12 bits per heavy atom. The molecule has 2 aliphatic carbocycles. The van der Waals surface area contributed by atoms with Crippen LogP contribution >= 0.6 is 23.1 Å². The van der Waals surface area contributed by atoms with E-state index in [1.165, 1.54) is 40.4 Å². The highest BCUT2D eigenvalue weighted by Gasteiger charge is 2.29. The number of amides is 1. The van der Waals surface area contributed by atoms with Gasteiger partial charge in [0, 0.05) is 10.6 Å². The largest absolute Gasteiger partial charge is 0.441 e. The van der Waals surface area contributed by atoms with E-state index in [-0.39, 0.29) is 0 Å². The van der Waals surface area contributed by atoms with E-state index in [9.17, 15) is 4.79 Å². The van der Waals surface area contributed by atoms with Crippen LogP contribution in [0.2, 0.25) is 5.02 Å². The SMILES string of the molecule is Cc1nsc(C2CCC(c3ccc(C4CC4)cc3)CC2)c1NC(=O)OC(C)c1ccccc1Cl. The van der Waals surface area contributed by atoms with Crippen LogP contribution in [-0.2, 0) is 4.74 Å². The van der Waals surface area contributed by atoms with Gasteiger partial charge in [-0.15, -0.1) is 0 Å². The fraction of sp³-hybridized carbons (Fsp3) is 0.429. The van der Waals surface area contributed by atoms with E-state index in [0.29, 0.717) is 16.9 Å². The summed E-state index contributed by atoms with van der Waals surface area (Å²) in [7, 11) is 0. The second-order valence-corrected chi connectivity index (χ2v) is 10.9. The van der Waals surface area contributed by atoms with Gasteiger partial charge in [-0.2, -0.15) is 4.37 Å². The number of carbonyl (C=O) groups excluding carboxylic acids is 1. The third-order valence-corrected chi connectivity index (χ3v) is 8.74. The Bertz CT molecular complexity index is 1150. The molecule has 2 aliphatic rings. The van der Waals surface area contributed by atoms with Crippen LogP contribution in [0.4, 0.5) is 10.5 Å². The molecule has 3 aromatic rings. The highest BCUT2D eigenvalue weighted by Crippen LogP contribution is 2.45. The average Bonchev–Trinajstić information content (AvgIpc) is 3.64. The minimum atomic E-state index is -0.471. The number of rotatable bonds is 6. The predicted molar refractivity (Wildman–Crippen MR) is 139 cm³/mol. The second kappa shape index (κ2) is 10.1. The molecule has 1 unspecified atom stereocenters. The molecule has 1 atom stereocenters. The Hall–Kier alpha value is -2.37. The number of benzene rings is 2. The summed E-state index contributed by atoms with van der Waals surface area (Å²) in [6, 6.07) is 16.8. The molecule has 1 aromatic heterocycles. The van der Waals surface area contributed by atoms with Crippen LogP contribution in [0, 0.1) is 6.92 Å². The number of carbonyl (C=O) groups is 1. The van der Waals surface area contributed by atoms with Crippen LogP contribution in [0.25, 0.3) is 0 Å². The number of aromatic nitrogens is 1. The number of hydrogen-bond acceptors (Lipinski definition) is 4. The van der Waals surface area contributed by atoms with Crippen LogP contribution < -0.4 is 5.32 Å². The molecule has 5 rings (SSSR count). The van der Waals surface area contributed by atoms with E-state index >= 15 is 0 Å². The Labute approximate surface area is 210 Å². The number of aryl methyl sites for hydroxylation is 1. The van der Waals surface area contributed by atoms with Crippen molar-refractivity contribution in [2.45, 2.75) is 76.2 Å². The number of halogens is 1. The van der Waals surface area contributed by atoms with Gasteiger partial charge in [-0.3, -0.25) is 5.32 Å². The number of nitrogens with zero attached hydrogens (tertiary/aromatic N) is 1. The molecule has 0 saturated heterocycles. The maximum Gasteiger partial charge on any atom is 0.412 e. The van der Waals surface area contributed by atoms with E-state index in [1.807, 2.05) is 32.0 Å². The molecule has 0 bridgehead atoms. The number of ether oxygens (including phenoxy) is 1. The van der Waals surface area contributed by atoms with E-state index in [4.69, 9.17) is 16.3 Å². The highest BCUT2D eigenvalue weighted by atomic mass is 35.5. The first-order valence-electron chi connectivity index (χ1n) is 12.3. The Kier molecular flexibility index (Phi) is 6.94. The summed E-state index contributed by atoms with van der Waals surface area (Å²) in [6.07, 6.45) is 6.33. The van der Waals surface area contributed by atoms with E-state index < -0.39 is 12.2 Å². The zero-order valence-electron chi connectivity index (χ0n) is 19.7. The lowest BCUT2D eigenvalue weighted by Gasteiger charge is -2.29. The molecule has 2 aromatic carbocycles. The summed E-state index contributed by atoms with van der Waals surface area (Å²) in [5, 5.41) is 3.58. The van der Waals surface area contributed by atoms with Crippen molar-refractivity contribution < 1.29 is 9.53 Å².